The second-order valence-corrected chi connectivity index (χ2v) is 4.01. The third kappa shape index (κ3) is 4.44. The fraction of sp³-hybridized carbons (Fsp3) is 0.462. The summed E-state index contributed by atoms with van der Waals surface area (Å²) in [7, 11) is 1.63. The van der Waals surface area contributed by atoms with Gasteiger partial charge in [-0.15, -0.1) is 0 Å². The maximum absolute atomic E-state index is 11.3. The fourth-order valence-electron chi connectivity index (χ4n) is 1.77. The molecule has 1 aromatic carbocycles. The number of aliphatic hydroxyl groups is 1. The normalized spacial score (nSPS) is 10.8. The van der Waals surface area contributed by atoms with Gasteiger partial charge in [0.2, 0.25) is 5.91 Å². The van der Waals surface area contributed by atoms with E-state index in [0.29, 0.717) is 31.8 Å². The Labute approximate surface area is 107 Å². The molecule has 0 radical (unpaired) electrons. The zero-order valence-electron chi connectivity index (χ0n) is 10.6. The summed E-state index contributed by atoms with van der Waals surface area (Å²) in [6, 6.07) is 7.24. The number of primary amides is 1. The van der Waals surface area contributed by atoms with E-state index in [4.69, 9.17) is 15.6 Å². The Kier molecular flexibility index (Phi) is 6.35. The van der Waals surface area contributed by atoms with Crippen LogP contribution in [0.1, 0.15) is 15.9 Å². The maximum atomic E-state index is 11.3. The van der Waals surface area contributed by atoms with Crippen molar-refractivity contribution in [1.82, 2.24) is 4.90 Å². The largest absolute Gasteiger partial charge is 0.395 e. The fourth-order valence-corrected chi connectivity index (χ4v) is 1.77. The molecule has 0 aliphatic carbocycles. The van der Waals surface area contributed by atoms with Crippen molar-refractivity contribution in [2.45, 2.75) is 6.54 Å². The number of benzene rings is 1. The molecule has 0 heterocycles. The van der Waals surface area contributed by atoms with Gasteiger partial charge in [0.15, 0.2) is 0 Å². The average Bonchev–Trinajstić information content (AvgIpc) is 2.36. The van der Waals surface area contributed by atoms with Crippen LogP contribution in [-0.2, 0) is 11.3 Å². The zero-order valence-corrected chi connectivity index (χ0v) is 10.6. The molecule has 100 valence electrons. The van der Waals surface area contributed by atoms with Crippen LogP contribution in [0.5, 0.6) is 0 Å². The molecule has 0 fully saturated rings. The number of nitrogens with zero attached hydrogens (tertiary/aromatic N) is 1. The van der Waals surface area contributed by atoms with Gasteiger partial charge in [0.1, 0.15) is 0 Å². The van der Waals surface area contributed by atoms with Gasteiger partial charge < -0.3 is 15.6 Å². The predicted molar refractivity (Wildman–Crippen MR) is 69.2 cm³/mol. The molecule has 3 N–H and O–H groups in total. The van der Waals surface area contributed by atoms with Crippen LogP contribution in [0.4, 0.5) is 0 Å². The summed E-state index contributed by atoms with van der Waals surface area (Å²) in [4.78, 5) is 13.3. The van der Waals surface area contributed by atoms with Gasteiger partial charge in [0, 0.05) is 32.3 Å². The SMILES string of the molecule is COCCN(CCO)Cc1ccccc1C(N)=O. The van der Waals surface area contributed by atoms with E-state index in [-0.39, 0.29) is 6.61 Å². The molecule has 18 heavy (non-hydrogen) atoms. The third-order valence-electron chi connectivity index (χ3n) is 2.70. The summed E-state index contributed by atoms with van der Waals surface area (Å²) in [6.07, 6.45) is 0. The van der Waals surface area contributed by atoms with Crippen molar-refractivity contribution < 1.29 is 14.6 Å². The van der Waals surface area contributed by atoms with Gasteiger partial charge in [-0.25, -0.2) is 0 Å². The first-order chi connectivity index (χ1) is 8.69. The molecule has 1 amide bonds. The Morgan fingerprint density at radius 3 is 2.72 bits per heavy atom. The number of hydrogen-bond acceptors (Lipinski definition) is 4. The lowest BCUT2D eigenvalue weighted by atomic mass is 10.1. The number of nitrogens with two attached hydrogens (primary N) is 1. The first-order valence-electron chi connectivity index (χ1n) is 5.89. The summed E-state index contributed by atoms with van der Waals surface area (Å²) in [6.45, 7) is 2.46. The highest BCUT2D eigenvalue weighted by Crippen LogP contribution is 2.11. The average molecular weight is 252 g/mol. The maximum Gasteiger partial charge on any atom is 0.249 e. The minimum Gasteiger partial charge on any atom is -0.395 e. The van der Waals surface area contributed by atoms with E-state index in [0.717, 1.165) is 5.56 Å². The van der Waals surface area contributed by atoms with Gasteiger partial charge in [0.05, 0.1) is 13.2 Å². The van der Waals surface area contributed by atoms with Crippen LogP contribution in [0.25, 0.3) is 0 Å². The van der Waals surface area contributed by atoms with Crippen LogP contribution in [0, 0.1) is 0 Å². The molecule has 0 saturated heterocycles. The number of ether oxygens (including phenoxy) is 1. The third-order valence-corrected chi connectivity index (χ3v) is 2.70. The number of rotatable bonds is 8. The van der Waals surface area contributed by atoms with Gasteiger partial charge in [-0.1, -0.05) is 18.2 Å². The van der Waals surface area contributed by atoms with Crippen molar-refractivity contribution in [3.8, 4) is 0 Å². The van der Waals surface area contributed by atoms with Crippen molar-refractivity contribution in [1.29, 1.82) is 0 Å². The van der Waals surface area contributed by atoms with Gasteiger partial charge in [-0.3, -0.25) is 9.69 Å². The Morgan fingerprint density at radius 2 is 2.11 bits per heavy atom. The second-order valence-electron chi connectivity index (χ2n) is 4.01. The molecule has 0 aliphatic rings. The topological polar surface area (TPSA) is 75.8 Å². The zero-order chi connectivity index (χ0) is 13.4. The van der Waals surface area contributed by atoms with Crippen LogP contribution in [-0.4, -0.2) is 49.3 Å². The summed E-state index contributed by atoms with van der Waals surface area (Å²) >= 11 is 0. The Balaban J connectivity index is 2.76. The van der Waals surface area contributed by atoms with Gasteiger partial charge in [-0.05, 0) is 11.6 Å². The molecular weight excluding hydrogens is 232 g/mol. The number of methoxy groups -OCH3 is 1. The molecular formula is C13H20N2O3. The van der Waals surface area contributed by atoms with E-state index in [9.17, 15) is 4.79 Å². The highest BCUT2D eigenvalue weighted by molar-refractivity contribution is 5.94. The Hall–Kier alpha value is -1.43. The van der Waals surface area contributed by atoms with E-state index in [1.165, 1.54) is 0 Å². The van der Waals surface area contributed by atoms with Crippen molar-refractivity contribution >= 4 is 5.91 Å². The van der Waals surface area contributed by atoms with E-state index >= 15 is 0 Å². The monoisotopic (exact) mass is 252 g/mol. The lowest BCUT2D eigenvalue weighted by molar-refractivity contribution is 0.0996. The molecule has 1 aromatic rings. The van der Waals surface area contributed by atoms with Crippen molar-refractivity contribution in [3.63, 3.8) is 0 Å². The summed E-state index contributed by atoms with van der Waals surface area (Å²) in [5.74, 6) is -0.429. The molecule has 0 saturated carbocycles. The highest BCUT2D eigenvalue weighted by Gasteiger charge is 2.11. The summed E-state index contributed by atoms with van der Waals surface area (Å²) in [5, 5.41) is 9.02. The first-order valence-corrected chi connectivity index (χ1v) is 5.89. The molecule has 0 unspecified atom stereocenters. The van der Waals surface area contributed by atoms with Crippen molar-refractivity contribution in [3.05, 3.63) is 35.4 Å². The highest BCUT2D eigenvalue weighted by atomic mass is 16.5. The van der Waals surface area contributed by atoms with Crippen LogP contribution in [0.3, 0.4) is 0 Å². The molecule has 0 bridgehead atoms. The van der Waals surface area contributed by atoms with Crippen molar-refractivity contribution in [2.24, 2.45) is 5.73 Å². The number of hydrogen-bond donors (Lipinski definition) is 2. The van der Waals surface area contributed by atoms with Crippen molar-refractivity contribution in [2.75, 3.05) is 33.4 Å². The summed E-state index contributed by atoms with van der Waals surface area (Å²) in [5.41, 5.74) is 6.73. The van der Waals surface area contributed by atoms with Crippen LogP contribution < -0.4 is 5.73 Å². The number of amides is 1. The van der Waals surface area contributed by atoms with Crippen LogP contribution in [0.2, 0.25) is 0 Å². The van der Waals surface area contributed by atoms with Crippen LogP contribution >= 0.6 is 0 Å². The Bertz CT molecular complexity index is 382. The first kappa shape index (κ1) is 14.6. The van der Waals surface area contributed by atoms with E-state index in [1.807, 2.05) is 17.0 Å². The number of carbonyl (C=O) groups is 1. The van der Waals surface area contributed by atoms with Gasteiger partial charge >= 0.3 is 0 Å². The van der Waals surface area contributed by atoms with Crippen LogP contribution in [0.15, 0.2) is 24.3 Å². The molecule has 1 rings (SSSR count). The van der Waals surface area contributed by atoms with E-state index in [2.05, 4.69) is 0 Å². The smallest absolute Gasteiger partial charge is 0.249 e. The predicted octanol–water partition coefficient (Wildman–Crippen LogP) is 0.226. The molecule has 0 aromatic heterocycles. The standard InChI is InChI=1S/C13H20N2O3/c1-18-9-7-15(6-8-16)10-11-4-2-3-5-12(11)13(14)17/h2-5,16H,6-10H2,1H3,(H2,14,17). The lowest BCUT2D eigenvalue weighted by Crippen LogP contribution is -2.30. The lowest BCUT2D eigenvalue weighted by Gasteiger charge is -2.21. The van der Waals surface area contributed by atoms with Gasteiger partial charge in [0.25, 0.3) is 0 Å². The van der Waals surface area contributed by atoms with Gasteiger partial charge in [-0.2, -0.15) is 0 Å². The molecule has 0 aliphatic heterocycles. The molecule has 5 heteroatoms. The number of aliphatic hydroxyl groups excluding tert-OH is 1. The summed E-state index contributed by atoms with van der Waals surface area (Å²) < 4.78 is 5.02. The Morgan fingerprint density at radius 1 is 1.39 bits per heavy atom. The minimum absolute atomic E-state index is 0.0719. The minimum atomic E-state index is -0.429. The molecule has 5 nitrogen and oxygen atoms in total. The quantitative estimate of drug-likeness (QED) is 0.694. The molecule has 0 spiro atoms. The molecule has 0 atom stereocenters. The number of carbonyl (C=O) groups excluding carboxylic acids is 1. The second kappa shape index (κ2) is 7.81. The van der Waals surface area contributed by atoms with E-state index < -0.39 is 5.91 Å². The van der Waals surface area contributed by atoms with E-state index in [1.54, 1.807) is 19.2 Å².